The maximum absolute atomic E-state index is 14.8. The van der Waals surface area contributed by atoms with Crippen molar-refractivity contribution in [1.82, 2.24) is 29.4 Å². The quantitative estimate of drug-likeness (QED) is 0.269. The predicted molar refractivity (Wildman–Crippen MR) is 180 cm³/mol. The molecule has 1 amide bonds. The van der Waals surface area contributed by atoms with Crippen molar-refractivity contribution in [2.24, 2.45) is 0 Å². The summed E-state index contributed by atoms with van der Waals surface area (Å²) in [5.41, 5.74) is 0.189. The number of carbonyl (C=O) groups is 1. The van der Waals surface area contributed by atoms with E-state index < -0.39 is 26.2 Å². The van der Waals surface area contributed by atoms with Crippen LogP contribution in [-0.2, 0) is 9.47 Å². The first-order chi connectivity index (χ1) is 21.9. The number of amides is 1. The Morgan fingerprint density at radius 2 is 1.62 bits per heavy atom. The van der Waals surface area contributed by atoms with Crippen molar-refractivity contribution in [2.75, 3.05) is 56.2 Å². The van der Waals surface area contributed by atoms with Crippen LogP contribution in [0.4, 0.5) is 25.5 Å². The van der Waals surface area contributed by atoms with Crippen LogP contribution in [0.25, 0.3) is 17.0 Å². The summed E-state index contributed by atoms with van der Waals surface area (Å²) in [6.07, 6.45) is -1.91. The molecule has 0 spiro atoms. The molecular formula is C32H48F2N8O4Si. The fourth-order valence-electron chi connectivity index (χ4n) is 5.39. The molecule has 258 valence electrons. The zero-order chi connectivity index (χ0) is 34.3. The van der Waals surface area contributed by atoms with Crippen LogP contribution in [0.3, 0.4) is 0 Å². The van der Waals surface area contributed by atoms with Gasteiger partial charge in [0, 0.05) is 39.3 Å². The van der Waals surface area contributed by atoms with E-state index in [0.717, 1.165) is 0 Å². The molecule has 12 nitrogen and oxygen atoms in total. The third kappa shape index (κ3) is 7.61. The minimum atomic E-state index is -2.90. The topological polar surface area (TPSA) is 111 Å². The average Bonchev–Trinajstić information content (AvgIpc) is 3.41. The van der Waals surface area contributed by atoms with Crippen LogP contribution < -0.4 is 14.2 Å². The zero-order valence-electron chi connectivity index (χ0n) is 29.0. The van der Waals surface area contributed by atoms with Gasteiger partial charge in [-0.25, -0.2) is 18.6 Å². The van der Waals surface area contributed by atoms with Gasteiger partial charge in [0.2, 0.25) is 17.8 Å². The van der Waals surface area contributed by atoms with Gasteiger partial charge in [0.15, 0.2) is 5.82 Å². The summed E-state index contributed by atoms with van der Waals surface area (Å²) < 4.78 is 48.5. The Morgan fingerprint density at radius 1 is 0.979 bits per heavy atom. The number of imidazole rings is 1. The number of morpholine rings is 1. The molecule has 3 aromatic rings. The molecule has 2 aromatic heterocycles. The summed E-state index contributed by atoms with van der Waals surface area (Å²) in [6, 6.07) is 5.31. The molecule has 2 aliphatic heterocycles. The number of carbonyl (C=O) groups excluding carboxylic acids is 1. The van der Waals surface area contributed by atoms with Crippen LogP contribution in [0.1, 0.15) is 66.6 Å². The van der Waals surface area contributed by atoms with E-state index in [-0.39, 0.29) is 23.1 Å². The number of alkyl halides is 2. The Kier molecular flexibility index (Phi) is 9.71. The number of rotatable bonds is 7. The van der Waals surface area contributed by atoms with Crippen molar-refractivity contribution < 1.29 is 27.5 Å². The van der Waals surface area contributed by atoms with Gasteiger partial charge in [-0.2, -0.15) is 15.0 Å². The highest BCUT2D eigenvalue weighted by atomic mass is 28.4. The van der Waals surface area contributed by atoms with Crippen molar-refractivity contribution in [3.05, 3.63) is 24.0 Å². The monoisotopic (exact) mass is 674 g/mol. The smallest absolute Gasteiger partial charge is 0.410 e. The normalized spacial score (nSPS) is 17.0. The van der Waals surface area contributed by atoms with Crippen LogP contribution in [0.2, 0.25) is 18.1 Å². The number of hydrogen-bond donors (Lipinski definition) is 0. The number of nitrogens with zero attached hydrogens (tertiary/aromatic N) is 8. The number of fused-ring (bicyclic) bond motifs is 1. The van der Waals surface area contributed by atoms with E-state index in [1.165, 1.54) is 4.57 Å². The summed E-state index contributed by atoms with van der Waals surface area (Å²) >= 11 is 0. The molecule has 5 rings (SSSR count). The maximum atomic E-state index is 14.8. The van der Waals surface area contributed by atoms with Gasteiger partial charge >= 0.3 is 6.09 Å². The van der Waals surface area contributed by atoms with E-state index in [1.807, 2.05) is 37.6 Å². The van der Waals surface area contributed by atoms with Crippen LogP contribution in [0.15, 0.2) is 18.2 Å². The van der Waals surface area contributed by atoms with Crippen molar-refractivity contribution in [3.8, 4) is 11.7 Å². The van der Waals surface area contributed by atoms with E-state index in [4.69, 9.17) is 28.9 Å². The number of para-hydroxylation sites is 1. The highest BCUT2D eigenvalue weighted by Crippen LogP contribution is 2.40. The number of hydrogen-bond acceptors (Lipinski definition) is 10. The van der Waals surface area contributed by atoms with Crippen molar-refractivity contribution in [3.63, 3.8) is 0 Å². The molecule has 47 heavy (non-hydrogen) atoms. The molecule has 0 N–H and O–H groups in total. The number of aromatic nitrogens is 5. The van der Waals surface area contributed by atoms with Gasteiger partial charge in [-0.1, -0.05) is 26.8 Å². The lowest BCUT2D eigenvalue weighted by Crippen LogP contribution is -2.47. The fourth-order valence-corrected chi connectivity index (χ4v) is 6.41. The number of halogens is 2. The van der Waals surface area contributed by atoms with Gasteiger partial charge in [-0.3, -0.25) is 4.57 Å². The number of ether oxygens (including phenoxy) is 2. The van der Waals surface area contributed by atoms with Crippen LogP contribution in [0.5, 0.6) is 5.75 Å². The first kappa shape index (κ1) is 34.7. The Hall–Kier alpha value is -3.59. The minimum Gasteiger partial charge on any atom is -0.542 e. The second kappa shape index (κ2) is 13.1. The van der Waals surface area contributed by atoms with Crippen LogP contribution in [0, 0.1) is 0 Å². The number of piperidine rings is 1. The summed E-state index contributed by atoms with van der Waals surface area (Å²) in [5.74, 6) is 0.776. The second-order valence-electron chi connectivity index (χ2n) is 14.7. The van der Waals surface area contributed by atoms with Crippen LogP contribution in [-0.4, -0.2) is 102 Å². The molecule has 2 saturated heterocycles. The lowest BCUT2D eigenvalue weighted by molar-refractivity contribution is 0.0205. The SMILES string of the molecule is CN(c1nc(N2CCOCC2)nc(-n2c(C(F)F)nc3c(O[Si](C)(C)C(C)(C)C)cccc32)n1)C1CCN(C(=O)OC(C)(C)C)CC1. The molecule has 2 aliphatic rings. The molecule has 2 fully saturated rings. The highest BCUT2D eigenvalue weighted by molar-refractivity contribution is 6.74. The van der Waals surface area contributed by atoms with Crippen molar-refractivity contribution in [1.29, 1.82) is 0 Å². The lowest BCUT2D eigenvalue weighted by Gasteiger charge is -2.37. The Labute approximate surface area is 276 Å². The molecule has 4 heterocycles. The van der Waals surface area contributed by atoms with Crippen LogP contribution >= 0.6 is 0 Å². The second-order valence-corrected chi connectivity index (χ2v) is 19.5. The van der Waals surface area contributed by atoms with E-state index in [2.05, 4.69) is 38.8 Å². The highest BCUT2D eigenvalue weighted by Gasteiger charge is 2.40. The number of anilines is 2. The Balaban J connectivity index is 1.54. The minimum absolute atomic E-state index is 0.000155. The maximum Gasteiger partial charge on any atom is 0.410 e. The van der Waals surface area contributed by atoms with Gasteiger partial charge in [-0.15, -0.1) is 0 Å². The third-order valence-electron chi connectivity index (χ3n) is 9.11. The fraction of sp³-hybridized carbons (Fsp3) is 0.656. The van der Waals surface area contributed by atoms with E-state index >= 15 is 0 Å². The largest absolute Gasteiger partial charge is 0.542 e. The molecule has 15 heteroatoms. The number of likely N-dealkylation sites (tertiary alicyclic amines) is 1. The molecule has 0 saturated carbocycles. The van der Waals surface area contributed by atoms with Crippen molar-refractivity contribution in [2.45, 2.75) is 90.6 Å². The lowest BCUT2D eigenvalue weighted by atomic mass is 10.0. The average molecular weight is 675 g/mol. The molecule has 0 aliphatic carbocycles. The molecule has 0 unspecified atom stereocenters. The summed E-state index contributed by atoms with van der Waals surface area (Å²) in [5, 5.41) is -0.104. The Bertz CT molecular complexity index is 1580. The summed E-state index contributed by atoms with van der Waals surface area (Å²) in [4.78, 5) is 37.1. The first-order valence-corrected chi connectivity index (χ1v) is 19.1. The number of benzene rings is 1. The molecule has 0 bridgehead atoms. The Morgan fingerprint density at radius 3 is 2.21 bits per heavy atom. The zero-order valence-corrected chi connectivity index (χ0v) is 30.0. The van der Waals surface area contributed by atoms with Gasteiger partial charge in [0.1, 0.15) is 16.9 Å². The van der Waals surface area contributed by atoms with Gasteiger partial charge in [0.25, 0.3) is 14.7 Å². The molecule has 0 atom stereocenters. The van der Waals surface area contributed by atoms with E-state index in [9.17, 15) is 13.6 Å². The van der Waals surface area contributed by atoms with Gasteiger partial charge in [-0.05, 0) is 63.9 Å². The first-order valence-electron chi connectivity index (χ1n) is 16.2. The summed E-state index contributed by atoms with van der Waals surface area (Å²) in [7, 11) is -0.422. The predicted octanol–water partition coefficient (Wildman–Crippen LogP) is 6.20. The third-order valence-corrected chi connectivity index (χ3v) is 13.5. The molecule has 1 aromatic carbocycles. The van der Waals surface area contributed by atoms with Gasteiger partial charge in [0.05, 0.1) is 18.7 Å². The molecule has 0 radical (unpaired) electrons. The van der Waals surface area contributed by atoms with E-state index in [1.54, 1.807) is 23.1 Å². The van der Waals surface area contributed by atoms with E-state index in [0.29, 0.717) is 80.9 Å². The van der Waals surface area contributed by atoms with Crippen molar-refractivity contribution >= 4 is 37.3 Å². The van der Waals surface area contributed by atoms with Gasteiger partial charge < -0.3 is 28.6 Å². The standard InChI is InChI=1S/C32H48F2N8O4Si/c1-31(2,3)45-30(43)41-15-13-21(14-16-41)39(7)27-36-28(40-17-19-44-20-18-40)38-29(37-27)42-22-11-10-12-23(24(22)35-26(42)25(33)34)46-47(8,9)32(4,5)6/h10-12,21,25H,13-20H2,1-9H3. The molecular weight excluding hydrogens is 626 g/mol. The summed E-state index contributed by atoms with van der Waals surface area (Å²) in [6.45, 7) is 19.3.